The lowest BCUT2D eigenvalue weighted by atomic mass is 10.0. The van der Waals surface area contributed by atoms with Crippen molar-refractivity contribution in [2.45, 2.75) is 58.3 Å². The summed E-state index contributed by atoms with van der Waals surface area (Å²) in [4.78, 5) is 0. The van der Waals surface area contributed by atoms with Crippen molar-refractivity contribution in [2.75, 3.05) is 72.7 Å². The molecule has 0 bridgehead atoms. The van der Waals surface area contributed by atoms with Crippen molar-refractivity contribution in [2.24, 2.45) is 0 Å². The summed E-state index contributed by atoms with van der Waals surface area (Å²) in [6.45, 7) is 7.91. The Hall–Kier alpha value is -1.62. The average Bonchev–Trinajstić information content (AvgIpc) is 2.86. The number of rotatable bonds is 25. The predicted octanol–water partition coefficient (Wildman–Crippen LogP) is 5.07. The van der Waals surface area contributed by atoms with E-state index < -0.39 is 0 Å². The van der Waals surface area contributed by atoms with Crippen LogP contribution in [-0.2, 0) is 30.1 Å². The van der Waals surface area contributed by atoms with Gasteiger partial charge in [-0.3, -0.25) is 0 Å². The van der Waals surface area contributed by atoms with Gasteiger partial charge in [-0.1, -0.05) is 63.5 Å². The predicted molar refractivity (Wildman–Crippen MR) is 137 cm³/mol. The van der Waals surface area contributed by atoms with Crippen LogP contribution in [0.5, 0.6) is 5.75 Å². The highest BCUT2D eigenvalue weighted by Crippen LogP contribution is 2.15. The zero-order valence-electron chi connectivity index (χ0n) is 21.3. The Morgan fingerprint density at radius 2 is 1.06 bits per heavy atom. The van der Waals surface area contributed by atoms with Crippen molar-refractivity contribution in [1.82, 2.24) is 0 Å². The number of terminal acetylenes is 1. The number of hydrogen-bond acceptors (Lipinski definition) is 6. The van der Waals surface area contributed by atoms with Crippen LogP contribution in [0, 0.1) is 12.3 Å². The highest BCUT2D eigenvalue weighted by molar-refractivity contribution is 5.27. The van der Waals surface area contributed by atoms with Gasteiger partial charge in [0, 0.05) is 0 Å². The summed E-state index contributed by atoms with van der Waals surface area (Å²) >= 11 is 0. The van der Waals surface area contributed by atoms with Gasteiger partial charge in [0.2, 0.25) is 0 Å². The van der Waals surface area contributed by atoms with Crippen LogP contribution in [0.4, 0.5) is 0 Å². The van der Waals surface area contributed by atoms with Crippen molar-refractivity contribution >= 4 is 0 Å². The Morgan fingerprint density at radius 1 is 0.588 bits per heavy atom. The molecule has 0 saturated carbocycles. The molecule has 0 heterocycles. The van der Waals surface area contributed by atoms with Crippen molar-refractivity contribution < 1.29 is 28.4 Å². The van der Waals surface area contributed by atoms with Gasteiger partial charge in [-0.05, 0) is 30.5 Å². The van der Waals surface area contributed by atoms with Gasteiger partial charge in [-0.2, -0.15) is 0 Å². The lowest BCUT2D eigenvalue weighted by Crippen LogP contribution is -2.14. The average molecular weight is 479 g/mol. The number of ether oxygens (including phenoxy) is 6. The molecule has 0 radical (unpaired) electrons. The molecule has 0 aromatic heterocycles. The van der Waals surface area contributed by atoms with Crippen LogP contribution in [0.15, 0.2) is 24.3 Å². The molecule has 0 unspecified atom stereocenters. The van der Waals surface area contributed by atoms with Crippen molar-refractivity contribution in [3.8, 4) is 18.1 Å². The van der Waals surface area contributed by atoms with Crippen LogP contribution in [0.1, 0.15) is 57.4 Å². The molecule has 0 saturated heterocycles. The zero-order chi connectivity index (χ0) is 24.4. The van der Waals surface area contributed by atoms with E-state index in [1.165, 1.54) is 50.5 Å². The first-order valence-corrected chi connectivity index (χ1v) is 12.9. The van der Waals surface area contributed by atoms with Crippen LogP contribution in [0.25, 0.3) is 0 Å². The molecule has 1 aromatic carbocycles. The molecule has 6 nitrogen and oxygen atoms in total. The lowest BCUT2D eigenvalue weighted by molar-refractivity contribution is -0.0110. The summed E-state index contributed by atoms with van der Waals surface area (Å²) in [5, 5.41) is 0. The maximum atomic E-state index is 5.75. The van der Waals surface area contributed by atoms with E-state index in [0.29, 0.717) is 72.7 Å². The van der Waals surface area contributed by atoms with Crippen LogP contribution in [0.3, 0.4) is 0 Å². The standard InChI is InChI=1S/C28H46O6/c1-3-5-6-7-8-9-10-11-27-12-14-28(15-13-27)34-26-25-33-24-23-32-22-21-31-20-19-30-18-17-29-16-4-2/h2,12-15H,3,5-11,16-26H2,1H3. The summed E-state index contributed by atoms with van der Waals surface area (Å²) < 4.78 is 32.6. The third-order valence-electron chi connectivity index (χ3n) is 5.16. The molecule has 194 valence electrons. The van der Waals surface area contributed by atoms with E-state index in [1.807, 2.05) is 0 Å². The van der Waals surface area contributed by atoms with Crippen LogP contribution >= 0.6 is 0 Å². The molecular weight excluding hydrogens is 432 g/mol. The fourth-order valence-electron chi connectivity index (χ4n) is 3.27. The Morgan fingerprint density at radius 3 is 1.59 bits per heavy atom. The molecule has 34 heavy (non-hydrogen) atoms. The van der Waals surface area contributed by atoms with Crippen LogP contribution in [0.2, 0.25) is 0 Å². The summed E-state index contributed by atoms with van der Waals surface area (Å²) in [6.07, 6.45) is 15.6. The Labute approximate surface area is 207 Å². The first kappa shape index (κ1) is 30.4. The minimum Gasteiger partial charge on any atom is -0.491 e. The number of aryl methyl sites for hydroxylation is 1. The molecule has 6 heteroatoms. The Bertz CT molecular complexity index is 584. The minimum absolute atomic E-state index is 0.321. The monoisotopic (exact) mass is 478 g/mol. The summed E-state index contributed by atoms with van der Waals surface area (Å²) in [5.74, 6) is 3.30. The largest absolute Gasteiger partial charge is 0.491 e. The highest BCUT2D eigenvalue weighted by atomic mass is 16.6. The second-order valence-electron chi connectivity index (χ2n) is 8.07. The van der Waals surface area contributed by atoms with Crippen LogP contribution < -0.4 is 4.74 Å². The molecule has 0 aliphatic rings. The van der Waals surface area contributed by atoms with E-state index in [-0.39, 0.29) is 0 Å². The first-order chi connectivity index (χ1) is 16.9. The van der Waals surface area contributed by atoms with Gasteiger partial charge in [0.25, 0.3) is 0 Å². The molecule has 0 aliphatic carbocycles. The molecule has 0 fully saturated rings. The smallest absolute Gasteiger partial charge is 0.119 e. The van der Waals surface area contributed by atoms with Crippen molar-refractivity contribution in [3.05, 3.63) is 29.8 Å². The minimum atomic E-state index is 0.321. The molecule has 0 spiro atoms. The number of hydrogen-bond donors (Lipinski definition) is 0. The quantitative estimate of drug-likeness (QED) is 0.144. The van der Waals surface area contributed by atoms with Crippen molar-refractivity contribution in [3.63, 3.8) is 0 Å². The van der Waals surface area contributed by atoms with E-state index in [2.05, 4.69) is 37.1 Å². The molecular formula is C28H46O6. The summed E-state index contributed by atoms with van der Waals surface area (Å²) in [5.41, 5.74) is 1.39. The van der Waals surface area contributed by atoms with E-state index in [4.69, 9.17) is 34.8 Å². The zero-order valence-corrected chi connectivity index (χ0v) is 21.3. The third-order valence-corrected chi connectivity index (χ3v) is 5.16. The van der Waals surface area contributed by atoms with Gasteiger partial charge in [0.15, 0.2) is 0 Å². The normalized spacial score (nSPS) is 10.9. The molecule has 0 amide bonds. The second kappa shape index (κ2) is 24.5. The number of benzene rings is 1. The molecule has 0 aliphatic heterocycles. The molecule has 0 atom stereocenters. The van der Waals surface area contributed by atoms with E-state index >= 15 is 0 Å². The molecule has 0 N–H and O–H groups in total. The highest BCUT2D eigenvalue weighted by Gasteiger charge is 1.98. The van der Waals surface area contributed by atoms with Gasteiger partial charge in [-0.15, -0.1) is 6.42 Å². The van der Waals surface area contributed by atoms with Gasteiger partial charge in [-0.25, -0.2) is 0 Å². The van der Waals surface area contributed by atoms with Crippen LogP contribution in [-0.4, -0.2) is 72.7 Å². The van der Waals surface area contributed by atoms with E-state index in [9.17, 15) is 0 Å². The van der Waals surface area contributed by atoms with E-state index in [1.54, 1.807) is 0 Å². The summed E-state index contributed by atoms with van der Waals surface area (Å²) in [6, 6.07) is 8.45. The van der Waals surface area contributed by atoms with Gasteiger partial charge in [0.1, 0.15) is 19.0 Å². The fourth-order valence-corrected chi connectivity index (χ4v) is 3.27. The van der Waals surface area contributed by atoms with Crippen molar-refractivity contribution in [1.29, 1.82) is 0 Å². The Kier molecular flexibility index (Phi) is 21.9. The SMILES string of the molecule is C#CCOCCOCCOCCOCCOCCOc1ccc(CCCCCCCCC)cc1. The van der Waals surface area contributed by atoms with Gasteiger partial charge < -0.3 is 28.4 Å². The Balaban J connectivity index is 1.83. The molecule has 1 rings (SSSR count). The number of unbranched alkanes of at least 4 members (excludes halogenated alkanes) is 6. The van der Waals surface area contributed by atoms with Gasteiger partial charge >= 0.3 is 0 Å². The second-order valence-corrected chi connectivity index (χ2v) is 8.07. The summed E-state index contributed by atoms with van der Waals surface area (Å²) in [7, 11) is 0. The molecule has 1 aromatic rings. The lowest BCUT2D eigenvalue weighted by Gasteiger charge is -2.09. The van der Waals surface area contributed by atoms with Gasteiger partial charge in [0.05, 0.1) is 59.5 Å². The van der Waals surface area contributed by atoms with E-state index in [0.717, 1.165) is 12.2 Å². The maximum Gasteiger partial charge on any atom is 0.119 e. The fraction of sp³-hybridized carbons (Fsp3) is 0.714. The third kappa shape index (κ3) is 19.8. The maximum absolute atomic E-state index is 5.75. The topological polar surface area (TPSA) is 55.4 Å². The first-order valence-electron chi connectivity index (χ1n) is 12.9.